The highest BCUT2D eigenvalue weighted by Gasteiger charge is 2.13. The van der Waals surface area contributed by atoms with Gasteiger partial charge in [-0.1, -0.05) is 17.7 Å². The second-order valence-electron chi connectivity index (χ2n) is 3.99. The Bertz CT molecular complexity index is 660. The molecule has 2 rings (SSSR count). The molecule has 0 aliphatic carbocycles. The van der Waals surface area contributed by atoms with Gasteiger partial charge in [-0.25, -0.2) is 9.37 Å². The lowest BCUT2D eigenvalue weighted by atomic mass is 10.1. The third-order valence-electron chi connectivity index (χ3n) is 2.57. The van der Waals surface area contributed by atoms with Crippen LogP contribution in [0.5, 0.6) is 0 Å². The van der Waals surface area contributed by atoms with Gasteiger partial charge in [-0.2, -0.15) is 5.26 Å². The molecule has 0 saturated heterocycles. The van der Waals surface area contributed by atoms with Crippen LogP contribution in [0.4, 0.5) is 4.39 Å². The zero-order valence-corrected chi connectivity index (χ0v) is 11.8. The van der Waals surface area contributed by atoms with E-state index in [2.05, 4.69) is 4.98 Å². The van der Waals surface area contributed by atoms with Crippen LogP contribution >= 0.6 is 23.4 Å². The zero-order valence-electron chi connectivity index (χ0n) is 10.3. The van der Waals surface area contributed by atoms with Gasteiger partial charge >= 0.3 is 0 Å². The van der Waals surface area contributed by atoms with E-state index in [1.807, 2.05) is 6.07 Å². The van der Waals surface area contributed by atoms with Gasteiger partial charge in [-0.15, -0.1) is 11.8 Å². The molecule has 0 amide bonds. The average Bonchev–Trinajstić information content (AvgIpc) is 2.45. The standard InChI is InChI=1S/C14H10ClFN2OS/c15-12-6-10(16)1-2-11(12)13(19)8-20-14-5-9(7-17)3-4-18-14/h1-6,13,19H,8H2/t13-/m1/s1. The molecule has 2 aromatic rings. The van der Waals surface area contributed by atoms with Gasteiger partial charge in [-0.05, 0) is 24.3 Å². The van der Waals surface area contributed by atoms with Crippen LogP contribution in [-0.2, 0) is 0 Å². The first-order chi connectivity index (χ1) is 9.60. The fraction of sp³-hybridized carbons (Fsp3) is 0.143. The maximum atomic E-state index is 12.9. The number of pyridine rings is 1. The van der Waals surface area contributed by atoms with E-state index in [-0.39, 0.29) is 5.02 Å². The highest BCUT2D eigenvalue weighted by Crippen LogP contribution is 2.28. The smallest absolute Gasteiger partial charge is 0.124 e. The molecule has 6 heteroatoms. The van der Waals surface area contributed by atoms with Crippen molar-refractivity contribution < 1.29 is 9.50 Å². The van der Waals surface area contributed by atoms with Crippen molar-refractivity contribution in [3.63, 3.8) is 0 Å². The minimum absolute atomic E-state index is 0.192. The lowest BCUT2D eigenvalue weighted by Gasteiger charge is -2.12. The number of hydrogen-bond donors (Lipinski definition) is 1. The molecule has 20 heavy (non-hydrogen) atoms. The number of aliphatic hydroxyl groups excluding tert-OH is 1. The minimum atomic E-state index is -0.833. The SMILES string of the molecule is N#Cc1ccnc(SC[C@@H](O)c2ccc(F)cc2Cl)c1. The summed E-state index contributed by atoms with van der Waals surface area (Å²) in [5, 5.41) is 19.7. The third kappa shape index (κ3) is 3.70. The summed E-state index contributed by atoms with van der Waals surface area (Å²) in [6, 6.07) is 9.15. The van der Waals surface area contributed by atoms with Crippen molar-refractivity contribution in [2.24, 2.45) is 0 Å². The van der Waals surface area contributed by atoms with Crippen LogP contribution < -0.4 is 0 Å². The molecule has 1 atom stereocenters. The van der Waals surface area contributed by atoms with Crippen LogP contribution in [0.2, 0.25) is 5.02 Å². The summed E-state index contributed by atoms with van der Waals surface area (Å²) in [6.45, 7) is 0. The molecule has 0 aliphatic heterocycles. The number of nitriles is 1. The second kappa shape index (κ2) is 6.71. The molecule has 0 fully saturated rings. The van der Waals surface area contributed by atoms with Crippen LogP contribution in [0, 0.1) is 17.1 Å². The zero-order chi connectivity index (χ0) is 14.5. The van der Waals surface area contributed by atoms with E-state index in [1.54, 1.807) is 12.1 Å². The van der Waals surface area contributed by atoms with Gasteiger partial charge in [0.2, 0.25) is 0 Å². The topological polar surface area (TPSA) is 56.9 Å². The molecule has 0 spiro atoms. The number of thioether (sulfide) groups is 1. The van der Waals surface area contributed by atoms with Crippen molar-refractivity contribution in [3.8, 4) is 6.07 Å². The highest BCUT2D eigenvalue weighted by molar-refractivity contribution is 7.99. The first-order valence-corrected chi connectivity index (χ1v) is 7.08. The van der Waals surface area contributed by atoms with Crippen LogP contribution in [0.15, 0.2) is 41.6 Å². The van der Waals surface area contributed by atoms with Gasteiger partial charge in [0.05, 0.1) is 22.8 Å². The van der Waals surface area contributed by atoms with E-state index >= 15 is 0 Å². The molecule has 3 nitrogen and oxygen atoms in total. The van der Waals surface area contributed by atoms with Gasteiger partial charge < -0.3 is 5.11 Å². The van der Waals surface area contributed by atoms with Gasteiger partial charge in [0.1, 0.15) is 5.82 Å². The number of benzene rings is 1. The lowest BCUT2D eigenvalue weighted by Crippen LogP contribution is -2.02. The Morgan fingerprint density at radius 3 is 2.90 bits per heavy atom. The van der Waals surface area contributed by atoms with Crippen LogP contribution in [0.3, 0.4) is 0 Å². The minimum Gasteiger partial charge on any atom is -0.387 e. The quantitative estimate of drug-likeness (QED) is 0.877. The maximum absolute atomic E-state index is 12.9. The predicted octanol–water partition coefficient (Wildman–Crippen LogP) is 3.57. The van der Waals surface area contributed by atoms with Crippen LogP contribution in [0.25, 0.3) is 0 Å². The van der Waals surface area contributed by atoms with Crippen LogP contribution in [0.1, 0.15) is 17.2 Å². The summed E-state index contributed by atoms with van der Waals surface area (Å²) in [5.41, 5.74) is 0.980. The van der Waals surface area contributed by atoms with E-state index < -0.39 is 11.9 Å². The Labute approximate surface area is 125 Å². The Kier molecular flexibility index (Phi) is 4.96. The first-order valence-electron chi connectivity index (χ1n) is 5.72. The van der Waals surface area contributed by atoms with Gasteiger partial charge in [0, 0.05) is 22.5 Å². The number of nitrogens with zero attached hydrogens (tertiary/aromatic N) is 2. The molecule has 0 aliphatic rings. The van der Waals surface area contributed by atoms with Crippen molar-refractivity contribution in [1.29, 1.82) is 5.26 Å². The molecule has 1 heterocycles. The molecular formula is C14H10ClFN2OS. The summed E-state index contributed by atoms with van der Waals surface area (Å²) in [7, 11) is 0. The van der Waals surface area contributed by atoms with E-state index in [0.29, 0.717) is 21.9 Å². The normalized spacial score (nSPS) is 11.9. The molecule has 0 unspecified atom stereocenters. The lowest BCUT2D eigenvalue weighted by molar-refractivity contribution is 0.204. The fourth-order valence-electron chi connectivity index (χ4n) is 1.58. The highest BCUT2D eigenvalue weighted by atomic mass is 35.5. The van der Waals surface area contributed by atoms with Crippen LogP contribution in [-0.4, -0.2) is 15.8 Å². The molecule has 0 saturated carbocycles. The van der Waals surface area contributed by atoms with E-state index in [4.69, 9.17) is 16.9 Å². The summed E-state index contributed by atoms with van der Waals surface area (Å²) < 4.78 is 12.9. The Hall–Kier alpha value is -1.61. The Morgan fingerprint density at radius 2 is 2.20 bits per heavy atom. The van der Waals surface area contributed by atoms with Crippen molar-refractivity contribution in [2.45, 2.75) is 11.1 Å². The summed E-state index contributed by atoms with van der Waals surface area (Å²) in [4.78, 5) is 4.10. The molecule has 1 aromatic carbocycles. The number of aromatic nitrogens is 1. The van der Waals surface area contributed by atoms with E-state index in [0.717, 1.165) is 0 Å². The Morgan fingerprint density at radius 1 is 1.40 bits per heavy atom. The average molecular weight is 309 g/mol. The second-order valence-corrected chi connectivity index (χ2v) is 5.43. The Balaban J connectivity index is 2.04. The van der Waals surface area contributed by atoms with Gasteiger partial charge in [0.25, 0.3) is 0 Å². The first kappa shape index (κ1) is 14.8. The van der Waals surface area contributed by atoms with E-state index in [1.165, 1.54) is 36.2 Å². The monoisotopic (exact) mass is 308 g/mol. The number of hydrogen-bond acceptors (Lipinski definition) is 4. The van der Waals surface area contributed by atoms with Crippen molar-refractivity contribution in [1.82, 2.24) is 4.98 Å². The van der Waals surface area contributed by atoms with Crippen molar-refractivity contribution in [3.05, 3.63) is 58.5 Å². The molecule has 102 valence electrons. The summed E-state index contributed by atoms with van der Waals surface area (Å²) in [5.74, 6) is -0.130. The third-order valence-corrected chi connectivity index (χ3v) is 3.90. The van der Waals surface area contributed by atoms with E-state index in [9.17, 15) is 9.50 Å². The van der Waals surface area contributed by atoms with Gasteiger partial charge in [0.15, 0.2) is 0 Å². The molecule has 1 aromatic heterocycles. The van der Waals surface area contributed by atoms with Gasteiger partial charge in [-0.3, -0.25) is 0 Å². The predicted molar refractivity (Wildman–Crippen MR) is 76.0 cm³/mol. The molecular weight excluding hydrogens is 299 g/mol. The molecule has 0 radical (unpaired) electrons. The van der Waals surface area contributed by atoms with Crippen molar-refractivity contribution in [2.75, 3.05) is 5.75 Å². The maximum Gasteiger partial charge on any atom is 0.124 e. The number of aliphatic hydroxyl groups is 1. The largest absolute Gasteiger partial charge is 0.387 e. The summed E-state index contributed by atoms with van der Waals surface area (Å²) >= 11 is 7.19. The molecule has 1 N–H and O–H groups in total. The number of rotatable bonds is 4. The van der Waals surface area contributed by atoms with Crippen molar-refractivity contribution >= 4 is 23.4 Å². The fourth-order valence-corrected chi connectivity index (χ4v) is 2.73. The number of halogens is 2. The molecule has 0 bridgehead atoms. The summed E-state index contributed by atoms with van der Waals surface area (Å²) in [6.07, 6.45) is 0.707.